The molecule has 0 amide bonds. The number of allylic oxidation sites excluding steroid dienone is 2. The maximum absolute atomic E-state index is 10.9. The number of nitrogens with zero attached hydrogens (tertiary/aromatic N) is 3. The second-order valence-electron chi connectivity index (χ2n) is 1.92. The Bertz CT molecular complexity index is 303. The quantitative estimate of drug-likeness (QED) is 0.448. The van der Waals surface area contributed by atoms with E-state index in [1.54, 1.807) is 12.2 Å². The van der Waals surface area contributed by atoms with Crippen molar-refractivity contribution < 1.29 is 4.76 Å². The summed E-state index contributed by atoms with van der Waals surface area (Å²) in [6.07, 6.45) is 6.16. The van der Waals surface area contributed by atoms with E-state index in [1.807, 2.05) is 0 Å². The molecule has 2 aliphatic rings. The predicted octanol–water partition coefficient (Wildman–Crippen LogP) is 0.617. The molecule has 10 heavy (non-hydrogen) atoms. The molecule has 0 aromatic heterocycles. The van der Waals surface area contributed by atoms with Crippen LogP contribution in [0.25, 0.3) is 0 Å². The summed E-state index contributed by atoms with van der Waals surface area (Å²) in [6.45, 7) is 0. The summed E-state index contributed by atoms with van der Waals surface area (Å²) in [5, 5.41) is 0. The Morgan fingerprint density at radius 3 is 3.20 bits per heavy atom. The molecule has 0 bridgehead atoms. The molecule has 2 aliphatic heterocycles. The van der Waals surface area contributed by atoms with Gasteiger partial charge in [0.1, 0.15) is 6.20 Å². The van der Waals surface area contributed by atoms with Gasteiger partial charge in [0.25, 0.3) is 0 Å². The van der Waals surface area contributed by atoms with E-state index in [1.165, 1.54) is 12.5 Å². The number of hydrogen-bond donors (Lipinski definition) is 0. The number of rotatable bonds is 0. The number of fused-ring (bicyclic) bond motifs is 1. The molecule has 0 saturated heterocycles. The normalized spacial score (nSPS) is 20.6. The number of nitroso groups, excluding NO2 is 1. The topological polar surface area (TPSA) is 44.8 Å². The number of amidine groups is 1. The molecule has 0 spiro atoms. The van der Waals surface area contributed by atoms with E-state index in [0.29, 0.717) is 16.3 Å². The Kier molecular flexibility index (Phi) is 0.887. The maximum Gasteiger partial charge on any atom is 0.393 e. The summed E-state index contributed by atoms with van der Waals surface area (Å²) in [6, 6.07) is 0. The van der Waals surface area contributed by atoms with Gasteiger partial charge < -0.3 is 0 Å². The molecular formula is C6H4N3O+. The highest BCUT2D eigenvalue weighted by Crippen LogP contribution is 2.11. The summed E-state index contributed by atoms with van der Waals surface area (Å²) >= 11 is 0. The molecule has 0 fully saturated rings. The first-order chi connectivity index (χ1) is 4.88. The minimum atomic E-state index is 0.377. The highest BCUT2D eigenvalue weighted by molar-refractivity contribution is 6.02. The lowest BCUT2D eigenvalue weighted by atomic mass is 10.3. The average molecular weight is 134 g/mol. The van der Waals surface area contributed by atoms with Crippen LogP contribution in [0.5, 0.6) is 0 Å². The molecule has 0 saturated carbocycles. The van der Waals surface area contributed by atoms with Crippen LogP contribution in [0.3, 0.4) is 0 Å². The van der Waals surface area contributed by atoms with E-state index in [9.17, 15) is 4.91 Å². The van der Waals surface area contributed by atoms with E-state index < -0.39 is 0 Å². The first-order valence-electron chi connectivity index (χ1n) is 2.83. The molecule has 0 aromatic rings. The van der Waals surface area contributed by atoms with Gasteiger partial charge in [-0.25, -0.2) is 4.99 Å². The molecule has 2 heterocycles. The van der Waals surface area contributed by atoms with E-state index >= 15 is 0 Å². The van der Waals surface area contributed by atoms with Crippen LogP contribution in [0.4, 0.5) is 0 Å². The second kappa shape index (κ2) is 1.70. The van der Waals surface area contributed by atoms with Gasteiger partial charge in [-0.1, -0.05) is 4.91 Å². The molecule has 0 unspecified atom stereocenters. The van der Waals surface area contributed by atoms with Gasteiger partial charge in [0, 0.05) is 4.76 Å². The summed E-state index contributed by atoms with van der Waals surface area (Å²) < 4.78 is 0.697. The van der Waals surface area contributed by atoms with Gasteiger partial charge in [-0.3, -0.25) is 0 Å². The van der Waals surface area contributed by atoms with Crippen molar-refractivity contribution in [2.24, 2.45) is 9.98 Å². The maximum atomic E-state index is 10.9. The Hall–Kier alpha value is -1.58. The van der Waals surface area contributed by atoms with Crippen LogP contribution in [0.1, 0.15) is 0 Å². The number of aliphatic imine (C=N–C) groups is 2. The standard InChI is InChI=1S/C6H4N3O/c10-9-3-1-2-5-6(9)8-4-7-5/h1-4H/q+1. The van der Waals surface area contributed by atoms with Crippen molar-refractivity contribution in [2.75, 3.05) is 0 Å². The predicted molar refractivity (Wildman–Crippen MR) is 36.8 cm³/mol. The Morgan fingerprint density at radius 1 is 1.50 bits per heavy atom. The van der Waals surface area contributed by atoms with Gasteiger partial charge in [0.2, 0.25) is 6.34 Å². The monoisotopic (exact) mass is 134 g/mol. The molecule has 0 aromatic carbocycles. The van der Waals surface area contributed by atoms with Crippen molar-refractivity contribution in [3.8, 4) is 0 Å². The highest BCUT2D eigenvalue weighted by Gasteiger charge is 2.27. The van der Waals surface area contributed by atoms with Crippen molar-refractivity contribution in [1.82, 2.24) is 0 Å². The average Bonchev–Trinajstić information content (AvgIpc) is 2.36. The lowest BCUT2D eigenvalue weighted by molar-refractivity contribution is -0.349. The zero-order chi connectivity index (χ0) is 6.97. The van der Waals surface area contributed by atoms with Gasteiger partial charge in [0.15, 0.2) is 5.70 Å². The van der Waals surface area contributed by atoms with E-state index in [0.717, 1.165) is 0 Å². The molecular weight excluding hydrogens is 130 g/mol. The summed E-state index contributed by atoms with van der Waals surface area (Å²) in [7, 11) is 0. The van der Waals surface area contributed by atoms with Crippen LogP contribution in [0.15, 0.2) is 34.0 Å². The second-order valence-corrected chi connectivity index (χ2v) is 1.92. The third-order valence-electron chi connectivity index (χ3n) is 1.29. The van der Waals surface area contributed by atoms with Crippen LogP contribution in [0.2, 0.25) is 0 Å². The van der Waals surface area contributed by atoms with E-state index in [2.05, 4.69) is 9.98 Å². The lowest BCUT2D eigenvalue weighted by Gasteiger charge is -1.92. The molecule has 2 rings (SSSR count). The summed E-state index contributed by atoms with van der Waals surface area (Å²) in [4.78, 5) is 18.5. The van der Waals surface area contributed by atoms with Crippen molar-refractivity contribution in [3.63, 3.8) is 0 Å². The first-order valence-corrected chi connectivity index (χ1v) is 2.83. The smallest absolute Gasteiger partial charge is 0.204 e. The zero-order valence-corrected chi connectivity index (χ0v) is 5.06. The van der Waals surface area contributed by atoms with Crippen molar-refractivity contribution in [2.45, 2.75) is 0 Å². The fraction of sp³-hybridized carbons (Fsp3) is 0. The van der Waals surface area contributed by atoms with Gasteiger partial charge in [-0.15, -0.1) is 0 Å². The van der Waals surface area contributed by atoms with E-state index in [4.69, 9.17) is 0 Å². The Morgan fingerprint density at radius 2 is 2.40 bits per heavy atom. The van der Waals surface area contributed by atoms with Crippen LogP contribution in [-0.4, -0.2) is 16.9 Å². The summed E-state index contributed by atoms with van der Waals surface area (Å²) in [5.41, 5.74) is 0.637. The molecule has 4 nitrogen and oxygen atoms in total. The van der Waals surface area contributed by atoms with Crippen LogP contribution in [0, 0.1) is 4.91 Å². The van der Waals surface area contributed by atoms with Crippen molar-refractivity contribution in [1.29, 1.82) is 0 Å². The van der Waals surface area contributed by atoms with Crippen LogP contribution in [-0.2, 0) is 0 Å². The number of hydrogen-bond acceptors (Lipinski definition) is 3. The Labute approximate surface area is 56.9 Å². The molecule has 0 atom stereocenters. The third kappa shape index (κ3) is 0.556. The summed E-state index contributed by atoms with van der Waals surface area (Å²) in [5.74, 6) is 0.377. The van der Waals surface area contributed by atoms with Gasteiger partial charge >= 0.3 is 5.84 Å². The fourth-order valence-corrected chi connectivity index (χ4v) is 0.840. The molecule has 4 heteroatoms. The van der Waals surface area contributed by atoms with Gasteiger partial charge in [-0.05, 0) is 17.1 Å². The minimum absolute atomic E-state index is 0.377. The van der Waals surface area contributed by atoms with Crippen molar-refractivity contribution in [3.05, 3.63) is 29.0 Å². The third-order valence-corrected chi connectivity index (χ3v) is 1.29. The molecule has 0 aliphatic carbocycles. The van der Waals surface area contributed by atoms with E-state index in [-0.39, 0.29) is 0 Å². The molecule has 0 N–H and O–H groups in total. The fourth-order valence-electron chi connectivity index (χ4n) is 0.840. The zero-order valence-electron chi connectivity index (χ0n) is 5.06. The Balaban J connectivity index is 2.54. The van der Waals surface area contributed by atoms with Gasteiger partial charge in [-0.2, -0.15) is 0 Å². The first kappa shape index (κ1) is 5.22. The van der Waals surface area contributed by atoms with Crippen molar-refractivity contribution >= 4 is 12.2 Å². The van der Waals surface area contributed by atoms with Crippen LogP contribution < -0.4 is 0 Å². The highest BCUT2D eigenvalue weighted by atomic mass is 16.3. The van der Waals surface area contributed by atoms with Gasteiger partial charge in [0.05, 0.1) is 0 Å². The SMILES string of the molecule is O=[N+]1C=CC=C2N=CN=C21. The largest absolute Gasteiger partial charge is 0.393 e. The minimum Gasteiger partial charge on any atom is -0.204 e. The lowest BCUT2D eigenvalue weighted by Crippen LogP contribution is -2.14. The van der Waals surface area contributed by atoms with Crippen LogP contribution >= 0.6 is 0 Å². The molecule has 48 valence electrons. The molecule has 0 radical (unpaired) electrons.